The maximum absolute atomic E-state index is 2.35. The molecule has 0 aromatic carbocycles. The van der Waals surface area contributed by atoms with E-state index in [9.17, 15) is 0 Å². The SMILES string of the molecule is C/C=C/C(C)C/C(C)=C/C(C)C. The van der Waals surface area contributed by atoms with Crippen molar-refractivity contribution in [3.05, 3.63) is 23.8 Å². The number of hydrogen-bond acceptors (Lipinski definition) is 0. The minimum absolute atomic E-state index is 0.683. The molecule has 70 valence electrons. The third-order valence-electron chi connectivity index (χ3n) is 1.78. The van der Waals surface area contributed by atoms with Crippen LogP contribution in [0.15, 0.2) is 23.8 Å². The van der Waals surface area contributed by atoms with Crippen LogP contribution in [0.4, 0.5) is 0 Å². The van der Waals surface area contributed by atoms with E-state index in [1.165, 1.54) is 12.0 Å². The summed E-state index contributed by atoms with van der Waals surface area (Å²) in [4.78, 5) is 0. The van der Waals surface area contributed by atoms with Gasteiger partial charge in [-0.1, -0.05) is 44.6 Å². The highest BCUT2D eigenvalue weighted by molar-refractivity contribution is 5.03. The normalized spacial score (nSPS) is 16.0. The Morgan fingerprint density at radius 1 is 1.25 bits per heavy atom. The van der Waals surface area contributed by atoms with E-state index in [4.69, 9.17) is 0 Å². The quantitative estimate of drug-likeness (QED) is 0.549. The van der Waals surface area contributed by atoms with Crippen LogP contribution in [-0.2, 0) is 0 Å². The van der Waals surface area contributed by atoms with Gasteiger partial charge in [-0.3, -0.25) is 0 Å². The second-order valence-corrected chi connectivity index (χ2v) is 3.96. The Hall–Kier alpha value is -0.520. The Morgan fingerprint density at radius 3 is 2.25 bits per heavy atom. The van der Waals surface area contributed by atoms with Crippen molar-refractivity contribution in [1.29, 1.82) is 0 Å². The monoisotopic (exact) mass is 166 g/mol. The first kappa shape index (κ1) is 11.5. The second kappa shape index (κ2) is 6.05. The lowest BCUT2D eigenvalue weighted by atomic mass is 9.99. The molecule has 0 N–H and O–H groups in total. The Kier molecular flexibility index (Phi) is 5.79. The van der Waals surface area contributed by atoms with E-state index in [0.717, 1.165) is 0 Å². The third kappa shape index (κ3) is 6.21. The van der Waals surface area contributed by atoms with Crippen LogP contribution in [-0.4, -0.2) is 0 Å². The van der Waals surface area contributed by atoms with Crippen LogP contribution in [0.3, 0.4) is 0 Å². The lowest BCUT2D eigenvalue weighted by molar-refractivity contribution is 0.701. The van der Waals surface area contributed by atoms with E-state index in [0.29, 0.717) is 11.8 Å². The molecule has 0 aromatic rings. The Morgan fingerprint density at radius 2 is 1.83 bits per heavy atom. The fourth-order valence-corrected chi connectivity index (χ4v) is 1.54. The summed E-state index contributed by atoms with van der Waals surface area (Å²) >= 11 is 0. The van der Waals surface area contributed by atoms with Crippen molar-refractivity contribution in [3.63, 3.8) is 0 Å². The molecule has 1 atom stereocenters. The van der Waals surface area contributed by atoms with Gasteiger partial charge in [-0.15, -0.1) is 0 Å². The van der Waals surface area contributed by atoms with Crippen molar-refractivity contribution in [1.82, 2.24) is 0 Å². The number of rotatable bonds is 4. The van der Waals surface area contributed by atoms with Crippen LogP contribution in [0.1, 0.15) is 41.0 Å². The zero-order chi connectivity index (χ0) is 9.56. The Labute approximate surface area is 77.4 Å². The van der Waals surface area contributed by atoms with Gasteiger partial charge in [0.25, 0.3) is 0 Å². The van der Waals surface area contributed by atoms with Crippen molar-refractivity contribution in [2.24, 2.45) is 11.8 Å². The summed E-state index contributed by atoms with van der Waals surface area (Å²) in [5.41, 5.74) is 1.51. The van der Waals surface area contributed by atoms with E-state index in [1.807, 2.05) is 0 Å². The largest absolute Gasteiger partial charge is 0.0914 e. The van der Waals surface area contributed by atoms with Crippen molar-refractivity contribution in [3.8, 4) is 0 Å². The van der Waals surface area contributed by atoms with Crippen molar-refractivity contribution in [2.45, 2.75) is 41.0 Å². The van der Waals surface area contributed by atoms with Gasteiger partial charge in [-0.05, 0) is 32.1 Å². The molecule has 0 aromatic heterocycles. The average Bonchev–Trinajstić information content (AvgIpc) is 1.84. The summed E-state index contributed by atoms with van der Waals surface area (Å²) in [5, 5.41) is 0. The fourth-order valence-electron chi connectivity index (χ4n) is 1.54. The molecule has 0 nitrogen and oxygen atoms in total. The molecule has 1 unspecified atom stereocenters. The van der Waals surface area contributed by atoms with Crippen LogP contribution in [0.25, 0.3) is 0 Å². The molecule has 12 heavy (non-hydrogen) atoms. The van der Waals surface area contributed by atoms with Gasteiger partial charge in [0, 0.05) is 0 Å². The van der Waals surface area contributed by atoms with Gasteiger partial charge >= 0.3 is 0 Å². The van der Waals surface area contributed by atoms with Gasteiger partial charge < -0.3 is 0 Å². The predicted octanol–water partition coefficient (Wildman–Crippen LogP) is 4.19. The molecule has 0 spiro atoms. The summed E-state index contributed by atoms with van der Waals surface area (Å²) in [5.74, 6) is 1.37. The summed E-state index contributed by atoms with van der Waals surface area (Å²) < 4.78 is 0. The van der Waals surface area contributed by atoms with Gasteiger partial charge in [0.15, 0.2) is 0 Å². The van der Waals surface area contributed by atoms with Crippen molar-refractivity contribution < 1.29 is 0 Å². The molecule has 0 saturated carbocycles. The van der Waals surface area contributed by atoms with E-state index in [2.05, 4.69) is 52.8 Å². The van der Waals surface area contributed by atoms with Crippen LogP contribution >= 0.6 is 0 Å². The molecule has 0 fully saturated rings. The van der Waals surface area contributed by atoms with Gasteiger partial charge in [0.1, 0.15) is 0 Å². The molecule has 0 bridgehead atoms. The van der Waals surface area contributed by atoms with Crippen LogP contribution in [0, 0.1) is 11.8 Å². The highest BCUT2D eigenvalue weighted by Gasteiger charge is 1.98. The molecule has 0 aliphatic heterocycles. The lowest BCUT2D eigenvalue weighted by Gasteiger charge is -2.07. The first-order valence-corrected chi connectivity index (χ1v) is 4.86. The van der Waals surface area contributed by atoms with E-state index in [-0.39, 0.29) is 0 Å². The zero-order valence-electron chi connectivity index (χ0n) is 9.09. The summed E-state index contributed by atoms with van der Waals surface area (Å²) in [7, 11) is 0. The highest BCUT2D eigenvalue weighted by atomic mass is 14.0. The predicted molar refractivity (Wildman–Crippen MR) is 57.2 cm³/mol. The third-order valence-corrected chi connectivity index (χ3v) is 1.78. The molecule has 0 heterocycles. The van der Waals surface area contributed by atoms with Gasteiger partial charge in [0.2, 0.25) is 0 Å². The van der Waals surface area contributed by atoms with E-state index >= 15 is 0 Å². The lowest BCUT2D eigenvalue weighted by Crippen LogP contribution is -1.92. The summed E-state index contributed by atoms with van der Waals surface area (Å²) in [6.07, 6.45) is 7.94. The number of allylic oxidation sites excluding steroid dienone is 4. The zero-order valence-corrected chi connectivity index (χ0v) is 9.09. The highest BCUT2D eigenvalue weighted by Crippen LogP contribution is 2.13. The first-order valence-electron chi connectivity index (χ1n) is 4.86. The van der Waals surface area contributed by atoms with E-state index < -0.39 is 0 Å². The number of hydrogen-bond donors (Lipinski definition) is 0. The van der Waals surface area contributed by atoms with Crippen LogP contribution in [0.2, 0.25) is 0 Å². The van der Waals surface area contributed by atoms with Gasteiger partial charge in [-0.25, -0.2) is 0 Å². The van der Waals surface area contributed by atoms with Crippen LogP contribution in [0.5, 0.6) is 0 Å². The average molecular weight is 166 g/mol. The summed E-state index contributed by atoms with van der Waals surface area (Å²) in [6.45, 7) is 11.0. The van der Waals surface area contributed by atoms with Crippen molar-refractivity contribution >= 4 is 0 Å². The molecule has 0 rings (SSSR count). The smallest absolute Gasteiger partial charge is 0.0225 e. The molecule has 0 aliphatic carbocycles. The van der Waals surface area contributed by atoms with Crippen molar-refractivity contribution in [2.75, 3.05) is 0 Å². The fraction of sp³-hybridized carbons (Fsp3) is 0.667. The minimum Gasteiger partial charge on any atom is -0.0914 e. The molecule has 0 aliphatic rings. The standard InChI is InChI=1S/C12H22/c1-6-7-11(4)9-12(5)8-10(2)3/h6-8,10-11H,9H2,1-5H3/b7-6+,12-8+. The second-order valence-electron chi connectivity index (χ2n) is 3.96. The van der Waals surface area contributed by atoms with E-state index in [1.54, 1.807) is 0 Å². The first-order chi connectivity index (χ1) is 5.56. The van der Waals surface area contributed by atoms with Gasteiger partial charge in [-0.2, -0.15) is 0 Å². The Balaban J connectivity index is 3.91. The molecule has 0 heteroatoms. The molecular weight excluding hydrogens is 144 g/mol. The summed E-state index contributed by atoms with van der Waals surface area (Å²) in [6, 6.07) is 0. The Bertz CT molecular complexity index is 161. The molecule has 0 saturated heterocycles. The molecule has 0 radical (unpaired) electrons. The maximum Gasteiger partial charge on any atom is -0.0225 e. The van der Waals surface area contributed by atoms with Gasteiger partial charge in [0.05, 0.1) is 0 Å². The molecular formula is C12H22. The van der Waals surface area contributed by atoms with Crippen LogP contribution < -0.4 is 0 Å². The maximum atomic E-state index is 2.35. The minimum atomic E-state index is 0.683. The topological polar surface area (TPSA) is 0 Å². The molecule has 0 amide bonds.